The van der Waals surface area contributed by atoms with Gasteiger partial charge in [0.05, 0.1) is 30.9 Å². The van der Waals surface area contributed by atoms with E-state index in [1.165, 1.54) is 5.01 Å². The van der Waals surface area contributed by atoms with Crippen LogP contribution < -0.4 is 4.74 Å². The zero-order valence-electron chi connectivity index (χ0n) is 19.2. The second kappa shape index (κ2) is 9.09. The van der Waals surface area contributed by atoms with Crippen molar-refractivity contribution in [3.63, 3.8) is 0 Å². The van der Waals surface area contributed by atoms with Crippen LogP contribution in [0.15, 0.2) is 72.8 Å². The molecule has 3 aromatic carbocycles. The molecule has 2 aliphatic heterocycles. The molecule has 3 atom stereocenters. The van der Waals surface area contributed by atoms with E-state index in [-0.39, 0.29) is 6.61 Å². The third kappa shape index (κ3) is 3.94. The van der Waals surface area contributed by atoms with Crippen molar-refractivity contribution in [1.82, 2.24) is 10.0 Å². The number of nitrogens with zero attached hydrogens (tertiary/aromatic N) is 2. The summed E-state index contributed by atoms with van der Waals surface area (Å²) in [7, 11) is 1.60. The Morgan fingerprint density at radius 3 is 2.14 bits per heavy atom. The van der Waals surface area contributed by atoms with Crippen molar-refractivity contribution in [2.45, 2.75) is 19.0 Å². The van der Waals surface area contributed by atoms with E-state index in [4.69, 9.17) is 9.47 Å². The van der Waals surface area contributed by atoms with Gasteiger partial charge in [-0.15, -0.1) is 0 Å². The topological polar surface area (TPSA) is 75.9 Å². The average Bonchev–Trinajstić information content (AvgIpc) is 3.56. The van der Waals surface area contributed by atoms with Crippen LogP contribution in [0.3, 0.4) is 0 Å². The molecule has 2 aliphatic rings. The van der Waals surface area contributed by atoms with Gasteiger partial charge in [0, 0.05) is 11.1 Å². The number of carbonyl (C=O) groups is 3. The molecule has 0 spiro atoms. The summed E-state index contributed by atoms with van der Waals surface area (Å²) >= 11 is 0. The maximum absolute atomic E-state index is 13.1. The molecule has 0 radical (unpaired) electrons. The highest BCUT2D eigenvalue weighted by Gasteiger charge is 2.62. The number of amides is 2. The Kier molecular flexibility index (Phi) is 5.81. The van der Waals surface area contributed by atoms with Crippen LogP contribution in [0.1, 0.15) is 50.4 Å². The first-order chi connectivity index (χ1) is 17.0. The Bertz CT molecular complexity index is 1350. The molecule has 1 unspecified atom stereocenters. The molecule has 0 bridgehead atoms. The number of ether oxygens (including phenoxy) is 2. The van der Waals surface area contributed by atoms with Gasteiger partial charge in [0.15, 0.2) is 0 Å². The van der Waals surface area contributed by atoms with Crippen molar-refractivity contribution in [1.29, 1.82) is 0 Å². The van der Waals surface area contributed by atoms with E-state index in [9.17, 15) is 14.4 Å². The monoisotopic (exact) mass is 466 g/mol. The van der Waals surface area contributed by atoms with E-state index in [1.54, 1.807) is 38.3 Å². The minimum absolute atomic E-state index is 0.191. The van der Waals surface area contributed by atoms with E-state index >= 15 is 0 Å². The molecular weight excluding hydrogens is 444 g/mol. The van der Waals surface area contributed by atoms with Crippen molar-refractivity contribution in [2.24, 2.45) is 0 Å². The van der Waals surface area contributed by atoms with Gasteiger partial charge in [0.1, 0.15) is 11.8 Å². The molecule has 3 aromatic rings. The van der Waals surface area contributed by atoms with E-state index in [1.807, 2.05) is 48.5 Å². The van der Waals surface area contributed by atoms with Crippen LogP contribution in [0.5, 0.6) is 5.75 Å². The normalized spacial score (nSPS) is 20.1. The van der Waals surface area contributed by atoms with Crippen molar-refractivity contribution >= 4 is 17.8 Å². The summed E-state index contributed by atoms with van der Waals surface area (Å²) in [6.07, 6.45) is 0. The first-order valence-electron chi connectivity index (χ1n) is 11.2. The Morgan fingerprint density at radius 2 is 1.51 bits per heavy atom. The largest absolute Gasteiger partial charge is 0.497 e. The molecule has 2 heterocycles. The first kappa shape index (κ1) is 22.4. The second-order valence-corrected chi connectivity index (χ2v) is 8.06. The molecular formula is C28H22N2O5. The van der Waals surface area contributed by atoms with Gasteiger partial charge in [-0.2, -0.15) is 5.01 Å². The highest BCUT2D eigenvalue weighted by molar-refractivity contribution is 6.21. The number of esters is 1. The summed E-state index contributed by atoms with van der Waals surface area (Å²) in [5.41, 5.74) is 2.87. The SMILES string of the molecule is CCOC(=O)[C@@H]1[C@@H](c2ccccc2C#Cc2ccc(OC)cc2)N1N1C(=O)c2ccccc2C1=O. The third-order valence-corrected chi connectivity index (χ3v) is 6.02. The molecule has 7 nitrogen and oxygen atoms in total. The number of benzene rings is 3. The Hall–Kier alpha value is -4.41. The summed E-state index contributed by atoms with van der Waals surface area (Å²) in [5.74, 6) is 5.64. The number of fused-ring (bicyclic) bond motifs is 1. The van der Waals surface area contributed by atoms with Crippen molar-refractivity contribution in [3.8, 4) is 17.6 Å². The number of rotatable bonds is 5. The summed E-state index contributed by atoms with van der Waals surface area (Å²) in [6.45, 7) is 1.91. The number of carbonyl (C=O) groups excluding carboxylic acids is 3. The van der Waals surface area contributed by atoms with Crippen molar-refractivity contribution in [2.75, 3.05) is 13.7 Å². The maximum atomic E-state index is 13.1. The summed E-state index contributed by atoms with van der Waals surface area (Å²) in [4.78, 5) is 39.1. The molecule has 35 heavy (non-hydrogen) atoms. The Balaban J connectivity index is 1.50. The molecule has 5 rings (SSSR count). The van der Waals surface area contributed by atoms with Gasteiger partial charge in [-0.05, 0) is 55.0 Å². The molecule has 1 saturated heterocycles. The standard InChI is InChI=1S/C28H22N2O5/c1-3-35-28(33)25-24(29(25)30-26(31)22-10-6-7-11-23(22)27(30)32)21-9-5-4-8-19(21)15-12-18-13-16-20(34-2)17-14-18/h4-11,13-14,16-17,24-25H,3H2,1-2H3/t24-,25+,29?/m1/s1. The highest BCUT2D eigenvalue weighted by Crippen LogP contribution is 2.48. The quantitative estimate of drug-likeness (QED) is 0.248. The van der Waals surface area contributed by atoms with E-state index in [2.05, 4.69) is 11.8 Å². The lowest BCUT2D eigenvalue weighted by atomic mass is 10.0. The number of hydrogen-bond donors (Lipinski definition) is 0. The first-order valence-corrected chi connectivity index (χ1v) is 11.2. The van der Waals surface area contributed by atoms with Gasteiger partial charge in [0.25, 0.3) is 11.8 Å². The minimum atomic E-state index is -0.805. The van der Waals surface area contributed by atoms with E-state index in [0.29, 0.717) is 16.7 Å². The molecule has 174 valence electrons. The predicted octanol–water partition coefficient (Wildman–Crippen LogP) is 3.59. The fourth-order valence-corrected chi connectivity index (χ4v) is 4.31. The second-order valence-electron chi connectivity index (χ2n) is 8.06. The lowest BCUT2D eigenvalue weighted by molar-refractivity contribution is -0.144. The number of imide groups is 1. The lowest BCUT2D eigenvalue weighted by Gasteiger charge is -2.16. The third-order valence-electron chi connectivity index (χ3n) is 6.02. The summed E-state index contributed by atoms with van der Waals surface area (Å²) in [6, 6.07) is 20.1. The van der Waals surface area contributed by atoms with Crippen LogP contribution in [0.2, 0.25) is 0 Å². The van der Waals surface area contributed by atoms with E-state index in [0.717, 1.165) is 21.9 Å². The zero-order valence-corrected chi connectivity index (χ0v) is 19.2. The minimum Gasteiger partial charge on any atom is -0.497 e. The Labute approximate surface area is 202 Å². The smallest absolute Gasteiger partial charge is 0.327 e. The van der Waals surface area contributed by atoms with Gasteiger partial charge in [0.2, 0.25) is 0 Å². The lowest BCUT2D eigenvalue weighted by Crippen LogP contribution is -2.38. The van der Waals surface area contributed by atoms with Gasteiger partial charge in [-0.1, -0.05) is 42.2 Å². The van der Waals surface area contributed by atoms with Gasteiger partial charge >= 0.3 is 5.97 Å². The molecule has 0 aliphatic carbocycles. The summed E-state index contributed by atoms with van der Waals surface area (Å²) < 4.78 is 10.5. The van der Waals surface area contributed by atoms with Crippen LogP contribution in [-0.2, 0) is 9.53 Å². The van der Waals surface area contributed by atoms with Gasteiger partial charge < -0.3 is 9.47 Å². The summed E-state index contributed by atoms with van der Waals surface area (Å²) in [5, 5.41) is 2.56. The maximum Gasteiger partial charge on any atom is 0.327 e. The predicted molar refractivity (Wildman–Crippen MR) is 127 cm³/mol. The molecule has 0 N–H and O–H groups in total. The van der Waals surface area contributed by atoms with E-state index < -0.39 is 29.9 Å². The fourth-order valence-electron chi connectivity index (χ4n) is 4.31. The van der Waals surface area contributed by atoms with Crippen LogP contribution >= 0.6 is 0 Å². The van der Waals surface area contributed by atoms with Crippen molar-refractivity contribution in [3.05, 3.63) is 101 Å². The fraction of sp³-hybridized carbons (Fsp3) is 0.179. The molecule has 0 saturated carbocycles. The van der Waals surface area contributed by atoms with Crippen molar-refractivity contribution < 1.29 is 23.9 Å². The van der Waals surface area contributed by atoms with Crippen LogP contribution in [0, 0.1) is 11.8 Å². The highest BCUT2D eigenvalue weighted by atomic mass is 16.5. The number of hydrogen-bond acceptors (Lipinski definition) is 6. The average molecular weight is 466 g/mol. The molecule has 2 amide bonds. The number of methoxy groups -OCH3 is 1. The van der Waals surface area contributed by atoms with Crippen LogP contribution in [-0.4, -0.2) is 47.6 Å². The Morgan fingerprint density at radius 1 is 0.886 bits per heavy atom. The van der Waals surface area contributed by atoms with Crippen LogP contribution in [0.25, 0.3) is 0 Å². The number of hydrazine groups is 1. The molecule has 7 heteroatoms. The van der Waals surface area contributed by atoms with Gasteiger partial charge in [-0.25, -0.2) is 5.01 Å². The molecule has 1 fully saturated rings. The van der Waals surface area contributed by atoms with Crippen LogP contribution in [0.4, 0.5) is 0 Å². The zero-order chi connectivity index (χ0) is 24.5. The molecule has 0 aromatic heterocycles. The van der Waals surface area contributed by atoms with Gasteiger partial charge in [-0.3, -0.25) is 14.4 Å².